The van der Waals surface area contributed by atoms with Crippen LogP contribution in [0.4, 0.5) is 11.4 Å². The van der Waals surface area contributed by atoms with Gasteiger partial charge in [0.05, 0.1) is 26.6 Å². The predicted molar refractivity (Wildman–Crippen MR) is 99.9 cm³/mol. The number of thioether (sulfide) groups is 1. The number of carbonyl (C=O) groups excluding carboxylic acids is 1. The van der Waals surface area contributed by atoms with Crippen LogP contribution in [0.5, 0.6) is 0 Å². The number of nitrogens with two attached hydrogens (primary N) is 1. The van der Waals surface area contributed by atoms with Crippen LogP contribution in [0.25, 0.3) is 11.0 Å². The summed E-state index contributed by atoms with van der Waals surface area (Å²) in [5.41, 5.74) is 1.43. The van der Waals surface area contributed by atoms with Gasteiger partial charge in [0.1, 0.15) is 0 Å². The summed E-state index contributed by atoms with van der Waals surface area (Å²) >= 11 is 1.13. The molecule has 0 spiro atoms. The molecule has 0 aliphatic carbocycles. The lowest BCUT2D eigenvalue weighted by Crippen LogP contribution is -2.15. The highest BCUT2D eigenvalue weighted by Crippen LogP contribution is 2.23. The molecule has 3 rings (SSSR count). The highest BCUT2D eigenvalue weighted by molar-refractivity contribution is 7.99. The van der Waals surface area contributed by atoms with E-state index in [4.69, 9.17) is 5.14 Å². The quantitative estimate of drug-likeness (QED) is 0.319. The Hall–Kier alpha value is -2.96. The zero-order valence-corrected chi connectivity index (χ0v) is 15.2. The largest absolute Gasteiger partial charge is 0.333 e. The number of nitrogens with zero attached hydrogens (tertiary/aromatic N) is 2. The summed E-state index contributed by atoms with van der Waals surface area (Å²) in [6.07, 6.45) is 0. The van der Waals surface area contributed by atoms with Crippen molar-refractivity contribution in [3.63, 3.8) is 0 Å². The van der Waals surface area contributed by atoms with E-state index in [2.05, 4.69) is 15.3 Å². The number of non-ortho nitro benzene ring substituents is 1. The number of hydrogen-bond acceptors (Lipinski definition) is 7. The summed E-state index contributed by atoms with van der Waals surface area (Å²) in [7, 11) is -3.79. The van der Waals surface area contributed by atoms with Gasteiger partial charge in [0, 0.05) is 17.8 Å². The van der Waals surface area contributed by atoms with Gasteiger partial charge in [-0.25, -0.2) is 18.5 Å². The molecule has 27 heavy (non-hydrogen) atoms. The van der Waals surface area contributed by atoms with Gasteiger partial charge in [-0.15, -0.1) is 0 Å². The van der Waals surface area contributed by atoms with Gasteiger partial charge in [-0.1, -0.05) is 11.8 Å². The fraction of sp³-hybridized carbons (Fsp3) is 0.0667. The van der Waals surface area contributed by atoms with Gasteiger partial charge in [0.15, 0.2) is 5.16 Å². The van der Waals surface area contributed by atoms with Crippen LogP contribution in [0.3, 0.4) is 0 Å². The fourth-order valence-electron chi connectivity index (χ4n) is 2.22. The van der Waals surface area contributed by atoms with Gasteiger partial charge >= 0.3 is 0 Å². The number of aromatic nitrogens is 2. The van der Waals surface area contributed by atoms with Gasteiger partial charge in [0.2, 0.25) is 15.9 Å². The molecule has 0 aliphatic rings. The first-order chi connectivity index (χ1) is 12.7. The smallest absolute Gasteiger partial charge is 0.271 e. The normalized spacial score (nSPS) is 11.4. The number of fused-ring (bicyclic) bond motifs is 1. The highest BCUT2D eigenvalue weighted by Gasteiger charge is 2.12. The second kappa shape index (κ2) is 7.34. The standard InChI is InChI=1S/C15H13N5O5S2/c16-27(24,25)11-4-1-9(2-5-11)17-14(21)8-26-15-18-12-6-3-10(20(22)23)7-13(12)19-15/h1-7H,8H2,(H,17,21)(H,18,19)(H2,16,24,25). The number of imidazole rings is 1. The summed E-state index contributed by atoms with van der Waals surface area (Å²) in [6.45, 7) is 0. The van der Waals surface area contributed by atoms with E-state index >= 15 is 0 Å². The molecule has 0 atom stereocenters. The molecule has 0 radical (unpaired) electrons. The molecule has 0 unspecified atom stereocenters. The van der Waals surface area contributed by atoms with Crippen molar-refractivity contribution >= 4 is 50.1 Å². The number of H-pyrrole nitrogens is 1. The van der Waals surface area contributed by atoms with E-state index < -0.39 is 14.9 Å². The van der Waals surface area contributed by atoms with Crippen molar-refractivity contribution < 1.29 is 18.1 Å². The minimum absolute atomic E-state index is 0.0405. The molecular weight excluding hydrogens is 394 g/mol. The van der Waals surface area contributed by atoms with Gasteiger partial charge in [-0.05, 0) is 30.3 Å². The second-order valence-corrected chi connectivity index (χ2v) is 7.93. The molecule has 2 aromatic carbocycles. The summed E-state index contributed by atoms with van der Waals surface area (Å²) in [5, 5.41) is 18.9. The number of carbonyl (C=O) groups is 1. The maximum atomic E-state index is 12.0. The Morgan fingerprint density at radius 1 is 1.26 bits per heavy atom. The van der Waals surface area contributed by atoms with Gasteiger partial charge in [-0.3, -0.25) is 14.9 Å². The minimum atomic E-state index is -3.79. The Morgan fingerprint density at radius 3 is 2.59 bits per heavy atom. The van der Waals surface area contributed by atoms with Crippen LogP contribution in [0, 0.1) is 10.1 Å². The molecule has 1 aromatic heterocycles. The van der Waals surface area contributed by atoms with Crippen molar-refractivity contribution in [2.45, 2.75) is 10.1 Å². The zero-order chi connectivity index (χ0) is 19.6. The lowest BCUT2D eigenvalue weighted by Gasteiger charge is -2.05. The minimum Gasteiger partial charge on any atom is -0.333 e. The van der Waals surface area contributed by atoms with Crippen LogP contribution in [-0.4, -0.2) is 35.0 Å². The van der Waals surface area contributed by atoms with Crippen LogP contribution < -0.4 is 10.5 Å². The summed E-state index contributed by atoms with van der Waals surface area (Å²) in [4.78, 5) is 29.4. The SMILES string of the molecule is NS(=O)(=O)c1ccc(NC(=O)CSc2nc3ccc([N+](=O)[O-])cc3[nH]2)cc1. The van der Waals surface area contributed by atoms with Crippen LogP contribution in [0.2, 0.25) is 0 Å². The predicted octanol–water partition coefficient (Wildman–Crippen LogP) is 1.85. The van der Waals surface area contributed by atoms with E-state index in [1.165, 1.54) is 42.5 Å². The van der Waals surface area contributed by atoms with Crippen LogP contribution >= 0.6 is 11.8 Å². The lowest BCUT2D eigenvalue weighted by atomic mass is 10.3. The van der Waals surface area contributed by atoms with E-state index in [1.54, 1.807) is 0 Å². The number of primary sulfonamides is 1. The van der Waals surface area contributed by atoms with E-state index in [0.29, 0.717) is 21.9 Å². The first kappa shape index (κ1) is 18.8. The number of nitrogens with one attached hydrogen (secondary N) is 2. The summed E-state index contributed by atoms with van der Waals surface area (Å²) < 4.78 is 22.4. The first-order valence-corrected chi connectivity index (χ1v) is 9.95. The molecule has 4 N–H and O–H groups in total. The number of nitro benzene ring substituents is 1. The van der Waals surface area contributed by atoms with E-state index in [1.807, 2.05) is 0 Å². The average Bonchev–Trinajstić information content (AvgIpc) is 3.01. The Morgan fingerprint density at radius 2 is 1.96 bits per heavy atom. The van der Waals surface area contributed by atoms with Gasteiger partial charge in [-0.2, -0.15) is 0 Å². The van der Waals surface area contributed by atoms with Crippen molar-refractivity contribution in [2.75, 3.05) is 11.1 Å². The summed E-state index contributed by atoms with van der Waals surface area (Å²) in [6, 6.07) is 9.72. The van der Waals surface area contributed by atoms with Gasteiger partial charge < -0.3 is 10.3 Å². The third-order valence-corrected chi connectivity index (χ3v) is 5.26. The number of sulfonamides is 1. The Balaban J connectivity index is 1.62. The molecule has 0 aliphatic heterocycles. The zero-order valence-electron chi connectivity index (χ0n) is 13.6. The first-order valence-electron chi connectivity index (χ1n) is 7.42. The van der Waals surface area contributed by atoms with Crippen LogP contribution in [0.15, 0.2) is 52.5 Å². The lowest BCUT2D eigenvalue weighted by molar-refractivity contribution is -0.384. The molecule has 0 bridgehead atoms. The molecule has 0 fully saturated rings. The Bertz CT molecular complexity index is 1130. The fourth-order valence-corrected chi connectivity index (χ4v) is 3.42. The van der Waals surface area contributed by atoms with Crippen LogP contribution in [-0.2, 0) is 14.8 Å². The third-order valence-electron chi connectivity index (χ3n) is 3.46. The maximum Gasteiger partial charge on any atom is 0.271 e. The number of anilines is 1. The molecule has 140 valence electrons. The molecule has 0 saturated heterocycles. The molecule has 0 saturated carbocycles. The summed E-state index contributed by atoms with van der Waals surface area (Å²) in [5.74, 6) is -0.284. The second-order valence-electron chi connectivity index (χ2n) is 5.41. The van der Waals surface area contributed by atoms with Crippen molar-refractivity contribution in [3.05, 3.63) is 52.6 Å². The molecule has 1 heterocycles. The highest BCUT2D eigenvalue weighted by atomic mass is 32.2. The van der Waals surface area contributed by atoms with E-state index in [-0.39, 0.29) is 22.2 Å². The average molecular weight is 407 g/mol. The number of rotatable bonds is 6. The van der Waals surface area contributed by atoms with Crippen molar-refractivity contribution in [2.24, 2.45) is 5.14 Å². The number of hydrogen-bond donors (Lipinski definition) is 3. The van der Waals surface area contributed by atoms with Gasteiger partial charge in [0.25, 0.3) is 5.69 Å². The van der Waals surface area contributed by atoms with E-state index in [0.717, 1.165) is 11.8 Å². The Labute approximate surface area is 157 Å². The van der Waals surface area contributed by atoms with Crippen molar-refractivity contribution in [1.29, 1.82) is 0 Å². The molecular formula is C15H13N5O5S2. The number of nitro groups is 1. The van der Waals surface area contributed by atoms with Crippen molar-refractivity contribution in [3.8, 4) is 0 Å². The monoisotopic (exact) mass is 407 g/mol. The molecule has 10 nitrogen and oxygen atoms in total. The molecule has 1 amide bonds. The molecule has 12 heteroatoms. The van der Waals surface area contributed by atoms with Crippen LogP contribution in [0.1, 0.15) is 0 Å². The Kier molecular flexibility index (Phi) is 5.12. The van der Waals surface area contributed by atoms with Crippen molar-refractivity contribution in [1.82, 2.24) is 9.97 Å². The number of aromatic amines is 1. The third kappa shape index (κ3) is 4.61. The number of amides is 1. The van der Waals surface area contributed by atoms with E-state index in [9.17, 15) is 23.3 Å². The topological polar surface area (TPSA) is 161 Å². The maximum absolute atomic E-state index is 12.0. The molecule has 3 aromatic rings. The number of benzene rings is 2.